The van der Waals surface area contributed by atoms with E-state index in [-0.39, 0.29) is 24.2 Å². The van der Waals surface area contributed by atoms with Crippen LogP contribution in [0.4, 0.5) is 4.79 Å². The predicted octanol–water partition coefficient (Wildman–Crippen LogP) is 4.59. The average Bonchev–Trinajstić information content (AvgIpc) is 3.54. The zero-order valence-electron chi connectivity index (χ0n) is 19.1. The highest BCUT2D eigenvalue weighted by molar-refractivity contribution is 9.10. The number of phenolic OH excluding ortho intramolecular Hbond substituents is 1. The summed E-state index contributed by atoms with van der Waals surface area (Å²) in [7, 11) is 0. The highest BCUT2D eigenvalue weighted by atomic mass is 79.9. The number of hydrogen-bond donors (Lipinski definition) is 2. The molecule has 2 aliphatic rings. The number of hydrogen-bond acceptors (Lipinski definition) is 4. The first-order valence-corrected chi connectivity index (χ1v) is 12.4. The van der Waals surface area contributed by atoms with Gasteiger partial charge in [-0.2, -0.15) is 0 Å². The van der Waals surface area contributed by atoms with Gasteiger partial charge in [0.15, 0.2) is 0 Å². The van der Waals surface area contributed by atoms with E-state index in [1.165, 1.54) is 4.90 Å². The highest BCUT2D eigenvalue weighted by Gasteiger charge is 2.61. The molecule has 0 aliphatic carbocycles. The van der Waals surface area contributed by atoms with E-state index in [4.69, 9.17) is 0 Å². The molecule has 2 unspecified atom stereocenters. The van der Waals surface area contributed by atoms with Crippen molar-refractivity contribution in [3.63, 3.8) is 0 Å². The van der Waals surface area contributed by atoms with Gasteiger partial charge in [-0.3, -0.25) is 14.6 Å². The van der Waals surface area contributed by atoms with Crippen LogP contribution in [0.5, 0.6) is 5.75 Å². The smallest absolute Gasteiger partial charge is 0.328 e. The van der Waals surface area contributed by atoms with Crippen LogP contribution in [0.25, 0.3) is 10.9 Å². The van der Waals surface area contributed by atoms with Crippen LogP contribution < -0.4 is 0 Å². The Balaban J connectivity index is 1.53. The van der Waals surface area contributed by atoms with Crippen LogP contribution in [-0.2, 0) is 17.8 Å². The maximum absolute atomic E-state index is 14.0. The SMILES string of the molecule is CCC12Cc3c([nH]c4ccc(Br)cc34)C(c3cccc(O)c3)N1C(=O)N(CCn1ccnc1)C2=O. The summed E-state index contributed by atoms with van der Waals surface area (Å²) in [6.07, 6.45) is 6.08. The van der Waals surface area contributed by atoms with Crippen LogP contribution in [0.2, 0.25) is 0 Å². The van der Waals surface area contributed by atoms with Crippen LogP contribution in [0.15, 0.2) is 65.7 Å². The van der Waals surface area contributed by atoms with Gasteiger partial charge >= 0.3 is 6.03 Å². The molecule has 0 bridgehead atoms. The number of carbonyl (C=O) groups is 2. The molecule has 2 N–H and O–H groups in total. The predicted molar refractivity (Wildman–Crippen MR) is 134 cm³/mol. The van der Waals surface area contributed by atoms with Crippen LogP contribution >= 0.6 is 15.9 Å². The number of phenols is 1. The molecule has 2 aromatic heterocycles. The van der Waals surface area contributed by atoms with Crippen molar-refractivity contribution >= 4 is 38.8 Å². The number of rotatable bonds is 5. The second-order valence-corrected chi connectivity index (χ2v) is 10.1. The van der Waals surface area contributed by atoms with E-state index in [0.29, 0.717) is 19.4 Å². The van der Waals surface area contributed by atoms with Crippen molar-refractivity contribution in [3.05, 3.63) is 82.5 Å². The number of H-pyrrole nitrogens is 1. The second-order valence-electron chi connectivity index (χ2n) is 9.18. The highest BCUT2D eigenvalue weighted by Crippen LogP contribution is 2.50. The van der Waals surface area contributed by atoms with Gasteiger partial charge in [-0.1, -0.05) is 35.0 Å². The number of aromatic hydroxyl groups is 1. The number of benzene rings is 2. The van der Waals surface area contributed by atoms with Crippen molar-refractivity contribution in [2.45, 2.75) is 37.9 Å². The minimum Gasteiger partial charge on any atom is -0.508 e. The Morgan fingerprint density at radius 1 is 1.20 bits per heavy atom. The van der Waals surface area contributed by atoms with Crippen molar-refractivity contribution in [2.24, 2.45) is 0 Å². The van der Waals surface area contributed by atoms with Gasteiger partial charge in [0.2, 0.25) is 0 Å². The summed E-state index contributed by atoms with van der Waals surface area (Å²) in [5.41, 5.74) is 2.61. The summed E-state index contributed by atoms with van der Waals surface area (Å²) in [6, 6.07) is 12.1. The maximum Gasteiger partial charge on any atom is 0.328 e. The Labute approximate surface area is 210 Å². The average molecular weight is 534 g/mol. The summed E-state index contributed by atoms with van der Waals surface area (Å²) in [5, 5.41) is 11.3. The molecule has 2 atom stereocenters. The number of aromatic amines is 1. The molecule has 1 fully saturated rings. The monoisotopic (exact) mass is 533 g/mol. The molecule has 0 saturated carbocycles. The van der Waals surface area contributed by atoms with Crippen LogP contribution in [0.1, 0.15) is 36.2 Å². The standard InChI is InChI=1S/C26H24BrN5O3/c1-2-26-14-20-19-13-17(27)6-7-21(19)29-22(20)23(16-4-3-5-18(33)12-16)32(26)25(35)31(24(26)34)11-10-30-9-8-28-15-30/h3-9,12-13,15,23,29,33H,2,10-11,14H2,1H3. The fourth-order valence-corrected chi connectivity index (χ4v) is 6.01. The third kappa shape index (κ3) is 3.21. The fraction of sp³-hybridized carbons (Fsp3) is 0.269. The van der Waals surface area contributed by atoms with Gasteiger partial charge in [-0.15, -0.1) is 0 Å². The van der Waals surface area contributed by atoms with Crippen LogP contribution in [-0.4, -0.2) is 53.5 Å². The van der Waals surface area contributed by atoms with Gasteiger partial charge < -0.3 is 14.7 Å². The molecular formula is C26H24BrN5O3. The number of aromatic nitrogens is 3. The fourth-order valence-electron chi connectivity index (χ4n) is 5.65. The quantitative estimate of drug-likeness (QED) is 0.367. The van der Waals surface area contributed by atoms with Gasteiger partial charge in [0.1, 0.15) is 17.3 Å². The van der Waals surface area contributed by atoms with Crippen LogP contribution in [0, 0.1) is 0 Å². The molecule has 9 heteroatoms. The molecule has 2 aromatic carbocycles. The van der Waals surface area contributed by atoms with E-state index >= 15 is 0 Å². The van der Waals surface area contributed by atoms with E-state index in [1.54, 1.807) is 35.6 Å². The third-order valence-corrected chi connectivity index (χ3v) is 7.85. The summed E-state index contributed by atoms with van der Waals surface area (Å²) in [5.74, 6) is -0.0595. The number of nitrogens with zero attached hydrogens (tertiary/aromatic N) is 4. The molecule has 0 radical (unpaired) electrons. The molecule has 8 nitrogen and oxygen atoms in total. The van der Waals surface area contributed by atoms with Gasteiger partial charge in [-0.25, -0.2) is 9.78 Å². The lowest BCUT2D eigenvalue weighted by Gasteiger charge is -2.44. The molecule has 4 aromatic rings. The molecule has 178 valence electrons. The lowest BCUT2D eigenvalue weighted by Crippen LogP contribution is -2.55. The van der Waals surface area contributed by atoms with Gasteiger partial charge in [-0.05, 0) is 47.9 Å². The summed E-state index contributed by atoms with van der Waals surface area (Å²) >= 11 is 3.58. The number of imide groups is 1. The second kappa shape index (κ2) is 7.98. The lowest BCUT2D eigenvalue weighted by molar-refractivity contribution is -0.134. The van der Waals surface area contributed by atoms with Crippen LogP contribution in [0.3, 0.4) is 0 Å². The first-order chi connectivity index (χ1) is 16.9. The first kappa shape index (κ1) is 21.9. The molecular weight excluding hydrogens is 510 g/mol. The molecule has 1 saturated heterocycles. The molecule has 2 aliphatic heterocycles. The van der Waals surface area contributed by atoms with E-state index in [2.05, 4.69) is 32.0 Å². The van der Waals surface area contributed by atoms with Crippen molar-refractivity contribution in [3.8, 4) is 5.75 Å². The Hall–Kier alpha value is -3.59. The normalized spacial score (nSPS) is 21.6. The molecule has 35 heavy (non-hydrogen) atoms. The largest absolute Gasteiger partial charge is 0.508 e. The van der Waals surface area contributed by atoms with Gasteiger partial charge in [0.25, 0.3) is 5.91 Å². The number of imidazole rings is 1. The van der Waals surface area contributed by atoms with Crippen molar-refractivity contribution < 1.29 is 14.7 Å². The summed E-state index contributed by atoms with van der Waals surface area (Å²) < 4.78 is 2.81. The van der Waals surface area contributed by atoms with Crippen molar-refractivity contribution in [1.29, 1.82) is 0 Å². The zero-order chi connectivity index (χ0) is 24.3. The number of fused-ring (bicyclic) bond motifs is 4. The summed E-state index contributed by atoms with van der Waals surface area (Å²) in [4.78, 5) is 38.7. The Bertz CT molecular complexity index is 1460. The number of urea groups is 1. The Morgan fingerprint density at radius 3 is 2.80 bits per heavy atom. The number of nitrogens with one attached hydrogen (secondary N) is 1. The molecule has 3 amide bonds. The van der Waals surface area contributed by atoms with Crippen molar-refractivity contribution in [1.82, 2.24) is 24.3 Å². The first-order valence-electron chi connectivity index (χ1n) is 11.6. The third-order valence-electron chi connectivity index (χ3n) is 7.36. The van der Waals surface area contributed by atoms with E-state index in [9.17, 15) is 14.7 Å². The van der Waals surface area contributed by atoms with Gasteiger partial charge in [0.05, 0.1) is 6.33 Å². The topological polar surface area (TPSA) is 94.5 Å². The minimum absolute atomic E-state index is 0.116. The van der Waals surface area contributed by atoms with E-state index in [1.807, 2.05) is 35.9 Å². The summed E-state index contributed by atoms with van der Waals surface area (Å²) in [6.45, 7) is 2.70. The number of amides is 3. The lowest BCUT2D eigenvalue weighted by atomic mass is 9.78. The van der Waals surface area contributed by atoms with Gasteiger partial charge in [0, 0.05) is 53.0 Å². The molecule has 0 spiro atoms. The van der Waals surface area contributed by atoms with Crippen molar-refractivity contribution in [2.75, 3.05) is 6.54 Å². The van der Waals surface area contributed by atoms with E-state index in [0.717, 1.165) is 32.2 Å². The maximum atomic E-state index is 14.0. The van der Waals surface area contributed by atoms with E-state index < -0.39 is 11.6 Å². The number of carbonyl (C=O) groups excluding carboxylic acids is 2. The minimum atomic E-state index is -1.01. The Kier molecular flexibility index (Phi) is 5.00. The Morgan fingerprint density at radius 2 is 2.06 bits per heavy atom. The number of halogens is 1. The molecule has 4 heterocycles. The zero-order valence-corrected chi connectivity index (χ0v) is 20.7. The molecule has 6 rings (SSSR count).